The highest BCUT2D eigenvalue weighted by atomic mass is 16.5. The summed E-state index contributed by atoms with van der Waals surface area (Å²) in [6, 6.07) is 21.0. The minimum absolute atomic E-state index is 0.602. The quantitative estimate of drug-likeness (QED) is 0.135. The van der Waals surface area contributed by atoms with Gasteiger partial charge in [0.15, 0.2) is 0 Å². The third-order valence-corrected chi connectivity index (χ3v) is 8.54. The van der Waals surface area contributed by atoms with E-state index in [9.17, 15) is 0 Å². The van der Waals surface area contributed by atoms with Gasteiger partial charge in [0.25, 0.3) is 0 Å². The number of ether oxygens (including phenoxy) is 2. The van der Waals surface area contributed by atoms with E-state index in [0.29, 0.717) is 11.8 Å². The molecule has 0 spiro atoms. The van der Waals surface area contributed by atoms with E-state index in [1.54, 1.807) is 0 Å². The van der Waals surface area contributed by atoms with Crippen LogP contribution in [0.15, 0.2) is 60.7 Å². The highest BCUT2D eigenvalue weighted by Gasteiger charge is 2.16. The third kappa shape index (κ3) is 8.12. The summed E-state index contributed by atoms with van der Waals surface area (Å²) in [7, 11) is 0. The SMILES string of the molecule is CCCCC(CC)COc1ccc(-c2nc3c(C)ccc(C)c3nc2-c2ccc(OCC(CC)CCCC)cc2)cc1. The predicted molar refractivity (Wildman–Crippen MR) is 177 cm³/mol. The van der Waals surface area contributed by atoms with Crippen molar-refractivity contribution in [2.45, 2.75) is 92.9 Å². The number of unbranched alkanes of at least 4 members (excludes halogenated alkanes) is 2. The lowest BCUT2D eigenvalue weighted by atomic mass is 10.0. The van der Waals surface area contributed by atoms with E-state index in [2.05, 4.69) is 102 Å². The first-order valence-electron chi connectivity index (χ1n) is 16.2. The lowest BCUT2D eigenvalue weighted by molar-refractivity contribution is 0.233. The Kier molecular flexibility index (Phi) is 11.8. The van der Waals surface area contributed by atoms with Gasteiger partial charge in [-0.1, -0.05) is 78.4 Å². The molecule has 0 amide bonds. The second kappa shape index (κ2) is 15.7. The summed E-state index contributed by atoms with van der Waals surface area (Å²) in [6.07, 6.45) is 9.72. The zero-order valence-electron chi connectivity index (χ0n) is 26.7. The Morgan fingerprint density at radius 1 is 0.548 bits per heavy atom. The van der Waals surface area contributed by atoms with Crippen molar-refractivity contribution in [1.29, 1.82) is 0 Å². The van der Waals surface area contributed by atoms with E-state index in [1.165, 1.54) is 38.5 Å². The van der Waals surface area contributed by atoms with Crippen LogP contribution in [0.1, 0.15) is 90.2 Å². The molecule has 4 aromatic rings. The van der Waals surface area contributed by atoms with Crippen molar-refractivity contribution in [3.05, 3.63) is 71.8 Å². The Morgan fingerprint density at radius 2 is 0.929 bits per heavy atom. The lowest BCUT2D eigenvalue weighted by Gasteiger charge is -2.17. The molecule has 4 nitrogen and oxygen atoms in total. The van der Waals surface area contributed by atoms with Crippen molar-refractivity contribution in [3.63, 3.8) is 0 Å². The van der Waals surface area contributed by atoms with E-state index < -0.39 is 0 Å². The van der Waals surface area contributed by atoms with Crippen LogP contribution < -0.4 is 9.47 Å². The second-order valence-corrected chi connectivity index (χ2v) is 11.8. The van der Waals surface area contributed by atoms with Crippen LogP contribution in [0.3, 0.4) is 0 Å². The van der Waals surface area contributed by atoms with Crippen molar-refractivity contribution in [2.75, 3.05) is 13.2 Å². The Morgan fingerprint density at radius 3 is 1.26 bits per heavy atom. The minimum Gasteiger partial charge on any atom is -0.493 e. The number of aryl methyl sites for hydroxylation is 2. The molecule has 0 radical (unpaired) electrons. The molecule has 0 N–H and O–H groups in total. The lowest BCUT2D eigenvalue weighted by Crippen LogP contribution is -2.11. The first-order valence-corrected chi connectivity index (χ1v) is 16.2. The molecule has 4 rings (SSSR count). The highest BCUT2D eigenvalue weighted by molar-refractivity contribution is 5.89. The maximum atomic E-state index is 6.20. The summed E-state index contributed by atoms with van der Waals surface area (Å²) >= 11 is 0. The van der Waals surface area contributed by atoms with Crippen molar-refractivity contribution >= 4 is 11.0 Å². The Bertz CT molecular complexity index is 1290. The van der Waals surface area contributed by atoms with Gasteiger partial charge in [-0.15, -0.1) is 0 Å². The number of fused-ring (bicyclic) bond motifs is 1. The molecule has 0 saturated carbocycles. The zero-order valence-corrected chi connectivity index (χ0v) is 26.7. The fourth-order valence-corrected chi connectivity index (χ4v) is 5.44. The fraction of sp³-hybridized carbons (Fsp3) is 0.474. The van der Waals surface area contributed by atoms with Gasteiger partial charge in [0.1, 0.15) is 11.5 Å². The molecular formula is C38H50N2O2. The number of nitrogens with zero attached hydrogens (tertiary/aromatic N) is 2. The average molecular weight is 567 g/mol. The van der Waals surface area contributed by atoms with Gasteiger partial charge in [-0.05, 0) is 98.2 Å². The summed E-state index contributed by atoms with van der Waals surface area (Å²) in [5, 5.41) is 0. The minimum atomic E-state index is 0.602. The molecule has 4 heteroatoms. The van der Waals surface area contributed by atoms with Gasteiger partial charge in [0.2, 0.25) is 0 Å². The number of benzene rings is 3. The molecule has 0 aliphatic heterocycles. The fourth-order valence-electron chi connectivity index (χ4n) is 5.44. The summed E-state index contributed by atoms with van der Waals surface area (Å²) in [5.74, 6) is 3.01. The number of aromatic nitrogens is 2. The van der Waals surface area contributed by atoms with Crippen molar-refractivity contribution in [2.24, 2.45) is 11.8 Å². The molecule has 0 fully saturated rings. The number of hydrogen-bond acceptors (Lipinski definition) is 4. The van der Waals surface area contributed by atoms with E-state index >= 15 is 0 Å². The Hall–Kier alpha value is -3.40. The second-order valence-electron chi connectivity index (χ2n) is 11.8. The molecular weight excluding hydrogens is 516 g/mol. The van der Waals surface area contributed by atoms with Crippen molar-refractivity contribution in [3.8, 4) is 34.0 Å². The normalized spacial score (nSPS) is 12.8. The number of rotatable bonds is 16. The van der Waals surface area contributed by atoms with Crippen molar-refractivity contribution < 1.29 is 9.47 Å². The molecule has 2 atom stereocenters. The maximum absolute atomic E-state index is 6.20. The van der Waals surface area contributed by atoms with Crippen LogP contribution in [-0.2, 0) is 0 Å². The summed E-state index contributed by atoms with van der Waals surface area (Å²) in [6.45, 7) is 14.8. The van der Waals surface area contributed by atoms with Gasteiger partial charge < -0.3 is 9.47 Å². The largest absolute Gasteiger partial charge is 0.493 e. The van der Waals surface area contributed by atoms with Crippen LogP contribution in [0.5, 0.6) is 11.5 Å². The van der Waals surface area contributed by atoms with Crippen LogP contribution in [0, 0.1) is 25.7 Å². The van der Waals surface area contributed by atoms with Crippen molar-refractivity contribution in [1.82, 2.24) is 9.97 Å². The first-order chi connectivity index (χ1) is 20.5. The molecule has 1 heterocycles. The van der Waals surface area contributed by atoms with E-state index in [4.69, 9.17) is 19.4 Å². The smallest absolute Gasteiger partial charge is 0.119 e. The molecule has 224 valence electrons. The Balaban J connectivity index is 1.61. The zero-order chi connectivity index (χ0) is 29.9. The molecule has 42 heavy (non-hydrogen) atoms. The Labute approximate surface area is 253 Å². The highest BCUT2D eigenvalue weighted by Crippen LogP contribution is 2.34. The molecule has 0 aliphatic rings. The monoisotopic (exact) mass is 566 g/mol. The molecule has 0 saturated heterocycles. The van der Waals surface area contributed by atoms with Gasteiger partial charge in [0, 0.05) is 11.1 Å². The van der Waals surface area contributed by atoms with Crippen LogP contribution in [0.4, 0.5) is 0 Å². The summed E-state index contributed by atoms with van der Waals surface area (Å²) in [4.78, 5) is 10.4. The summed E-state index contributed by atoms with van der Waals surface area (Å²) in [5.41, 5.74) is 8.01. The first kappa shape index (κ1) is 31.5. The third-order valence-electron chi connectivity index (χ3n) is 8.54. The van der Waals surface area contributed by atoms with E-state index in [0.717, 1.165) is 82.2 Å². The van der Waals surface area contributed by atoms with Crippen LogP contribution in [-0.4, -0.2) is 23.2 Å². The van der Waals surface area contributed by atoms with E-state index in [1.807, 2.05) is 0 Å². The van der Waals surface area contributed by atoms with Gasteiger partial charge in [-0.2, -0.15) is 0 Å². The molecule has 0 bridgehead atoms. The molecule has 1 aromatic heterocycles. The van der Waals surface area contributed by atoms with Gasteiger partial charge in [-0.3, -0.25) is 0 Å². The summed E-state index contributed by atoms with van der Waals surface area (Å²) < 4.78 is 12.4. The van der Waals surface area contributed by atoms with E-state index in [-0.39, 0.29) is 0 Å². The van der Waals surface area contributed by atoms with Gasteiger partial charge >= 0.3 is 0 Å². The van der Waals surface area contributed by atoms with Crippen LogP contribution >= 0.6 is 0 Å². The molecule has 3 aromatic carbocycles. The molecule has 2 unspecified atom stereocenters. The predicted octanol–water partition coefficient (Wildman–Crippen LogP) is 10.8. The number of hydrogen-bond donors (Lipinski definition) is 0. The molecule has 0 aliphatic carbocycles. The topological polar surface area (TPSA) is 44.2 Å². The van der Waals surface area contributed by atoms with Gasteiger partial charge in [0.05, 0.1) is 35.6 Å². The van der Waals surface area contributed by atoms with Crippen LogP contribution in [0.25, 0.3) is 33.5 Å². The average Bonchev–Trinajstić information content (AvgIpc) is 3.03. The van der Waals surface area contributed by atoms with Crippen LogP contribution in [0.2, 0.25) is 0 Å². The van der Waals surface area contributed by atoms with Gasteiger partial charge in [-0.25, -0.2) is 9.97 Å². The standard InChI is InChI=1S/C38H50N2O2/c1-7-11-13-29(9-3)25-41-33-21-17-31(18-22-33)37-38(40-36-28(6)16-15-27(5)35(36)39-37)32-19-23-34(24-20-32)42-26-30(10-4)14-12-8-2/h15-24,29-30H,7-14,25-26H2,1-6H3. The maximum Gasteiger partial charge on any atom is 0.119 e.